The lowest BCUT2D eigenvalue weighted by Crippen LogP contribution is -2.53. The first-order valence-corrected chi connectivity index (χ1v) is 18.9. The third kappa shape index (κ3) is 5.47. The van der Waals surface area contributed by atoms with E-state index in [1.807, 2.05) is 0 Å². The number of nitro groups is 2. The molecule has 6 unspecified atom stereocenters. The van der Waals surface area contributed by atoms with Crippen LogP contribution in [0, 0.1) is 43.9 Å². The van der Waals surface area contributed by atoms with Crippen LogP contribution < -0.4 is 19.4 Å². The Bertz CT molecular complexity index is 2490. The molecule has 4 aromatic rings. The van der Waals surface area contributed by atoms with Gasteiger partial charge in [-0.2, -0.15) is 0 Å². The molecule has 2 saturated heterocycles. The van der Waals surface area contributed by atoms with Crippen molar-refractivity contribution in [1.29, 1.82) is 0 Å². The monoisotopic (exact) mass is 825 g/mol. The predicted molar refractivity (Wildman–Crippen MR) is 212 cm³/mol. The van der Waals surface area contributed by atoms with Crippen molar-refractivity contribution in [3.05, 3.63) is 132 Å². The Balaban J connectivity index is 1.35. The Morgan fingerprint density at radius 1 is 0.828 bits per heavy atom. The van der Waals surface area contributed by atoms with Crippen LogP contribution in [0.25, 0.3) is 0 Å². The van der Waals surface area contributed by atoms with Gasteiger partial charge in [0.05, 0.1) is 56.5 Å². The third-order valence-corrected chi connectivity index (χ3v) is 12.4. The summed E-state index contributed by atoms with van der Waals surface area (Å²) in [6.07, 6.45) is 1.71. The average molecular weight is 827 g/mol. The highest BCUT2D eigenvalue weighted by atomic mass is 35.5. The minimum Gasteiger partial charge on any atom is -0.503 e. The summed E-state index contributed by atoms with van der Waals surface area (Å²) in [6, 6.07) is 20.0. The Labute approximate surface area is 340 Å². The molecule has 4 aliphatic rings. The minimum atomic E-state index is -1.66. The molecule has 15 nitrogen and oxygen atoms in total. The molecule has 0 spiro atoms. The van der Waals surface area contributed by atoms with E-state index < -0.39 is 79.9 Å². The Morgan fingerprint density at radius 3 is 2.10 bits per heavy atom. The normalized spacial score (nSPS) is 24.9. The van der Waals surface area contributed by atoms with Crippen LogP contribution in [0.1, 0.15) is 29.9 Å². The van der Waals surface area contributed by atoms with E-state index >= 15 is 9.59 Å². The number of rotatable bonds is 8. The molecule has 2 aliphatic carbocycles. The number of methoxy groups -OCH3 is 1. The van der Waals surface area contributed by atoms with Crippen LogP contribution >= 0.6 is 23.2 Å². The van der Waals surface area contributed by atoms with Crippen molar-refractivity contribution in [3.63, 3.8) is 0 Å². The number of allylic oxidation sites excluding steroid dienone is 2. The van der Waals surface area contributed by atoms with E-state index in [2.05, 4.69) is 0 Å². The number of phenolic OH excluding ortho intramolecular Hbond substituents is 1. The molecular weight excluding hydrogens is 793 g/mol. The molecule has 3 fully saturated rings. The number of fused-ring (bicyclic) bond motifs is 4. The van der Waals surface area contributed by atoms with Gasteiger partial charge in [-0.3, -0.25) is 39.4 Å². The van der Waals surface area contributed by atoms with Crippen molar-refractivity contribution < 1.29 is 38.9 Å². The topological polar surface area (TPSA) is 194 Å². The van der Waals surface area contributed by atoms with E-state index in [4.69, 9.17) is 27.9 Å². The fourth-order valence-corrected chi connectivity index (χ4v) is 10.1. The molecule has 2 aliphatic heterocycles. The van der Waals surface area contributed by atoms with Crippen LogP contribution in [0.4, 0.5) is 28.4 Å². The van der Waals surface area contributed by atoms with E-state index in [1.54, 1.807) is 54.6 Å². The summed E-state index contributed by atoms with van der Waals surface area (Å²) in [5.41, 5.74) is -2.00. The van der Waals surface area contributed by atoms with E-state index in [9.17, 15) is 34.9 Å². The second-order valence-corrected chi connectivity index (χ2v) is 15.7. The van der Waals surface area contributed by atoms with Gasteiger partial charge in [-0.15, -0.1) is 0 Å². The van der Waals surface area contributed by atoms with Gasteiger partial charge in [0, 0.05) is 37.2 Å². The smallest absolute Gasteiger partial charge is 0.301 e. The highest BCUT2D eigenvalue weighted by molar-refractivity contribution is 6.33. The quantitative estimate of drug-likeness (QED) is 0.0836. The maximum atomic E-state index is 15.5. The molecule has 0 bridgehead atoms. The van der Waals surface area contributed by atoms with Crippen LogP contribution in [0.3, 0.4) is 0 Å². The summed E-state index contributed by atoms with van der Waals surface area (Å²) < 4.78 is 5.50. The van der Waals surface area contributed by atoms with Crippen LogP contribution in [-0.4, -0.2) is 59.8 Å². The molecule has 296 valence electrons. The number of nitrogens with zero attached hydrogens (tertiary/aromatic N) is 5. The number of anilines is 3. The number of phenols is 1. The Hall–Kier alpha value is -6.32. The van der Waals surface area contributed by atoms with Crippen molar-refractivity contribution >= 4 is 75.3 Å². The van der Waals surface area contributed by atoms with Gasteiger partial charge in [0.1, 0.15) is 0 Å². The first kappa shape index (κ1) is 38.5. The highest BCUT2D eigenvalue weighted by Gasteiger charge is 2.70. The number of hydrogen-bond acceptors (Lipinski definition) is 11. The minimum absolute atomic E-state index is 0.00727. The van der Waals surface area contributed by atoms with Crippen molar-refractivity contribution in [2.24, 2.45) is 23.7 Å². The summed E-state index contributed by atoms with van der Waals surface area (Å²) in [5, 5.41) is 35.5. The van der Waals surface area contributed by atoms with Gasteiger partial charge in [0.25, 0.3) is 0 Å². The zero-order valence-corrected chi connectivity index (χ0v) is 32.5. The second kappa shape index (κ2) is 14.0. The van der Waals surface area contributed by atoms with Crippen molar-refractivity contribution in [2.45, 2.75) is 24.2 Å². The van der Waals surface area contributed by atoms with Gasteiger partial charge in [0.15, 0.2) is 17.2 Å². The predicted octanol–water partition coefficient (Wildman–Crippen LogP) is 6.96. The Kier molecular flexibility index (Phi) is 9.27. The number of halogens is 2. The number of benzene rings is 4. The number of carbonyl (C=O) groups is 4. The largest absolute Gasteiger partial charge is 0.503 e. The van der Waals surface area contributed by atoms with Gasteiger partial charge < -0.3 is 14.7 Å². The lowest BCUT2D eigenvalue weighted by atomic mass is 9.49. The van der Waals surface area contributed by atoms with Crippen molar-refractivity contribution in [3.8, 4) is 11.5 Å². The summed E-state index contributed by atoms with van der Waals surface area (Å²) in [7, 11) is 4.13. The van der Waals surface area contributed by atoms with Gasteiger partial charge in [-0.25, -0.2) is 9.80 Å². The molecule has 58 heavy (non-hydrogen) atoms. The van der Waals surface area contributed by atoms with E-state index in [0.29, 0.717) is 16.7 Å². The summed E-state index contributed by atoms with van der Waals surface area (Å²) in [4.78, 5) is 85.6. The standard InChI is InChI=1S/C41H33Cl2N5O10/c1-44(2)35-30(47(54)55)17-24(18-31(35)48(56)57)45-37(50)26-13-12-25-27(33(26)39(45)52)19-28-38(51)46(23-11-7-10-22(42)16-23)40(53)41(28,21-8-5-4-6-9-21)34(25)20-14-29(43)36(49)32(15-20)58-3/h4-12,14-18,26-28,33-34,49H,13,19H2,1-3H3. The van der Waals surface area contributed by atoms with Gasteiger partial charge >= 0.3 is 11.4 Å². The molecular formula is C41H33Cl2N5O10. The van der Waals surface area contributed by atoms with E-state index in [-0.39, 0.29) is 51.4 Å². The van der Waals surface area contributed by atoms with Gasteiger partial charge in [0.2, 0.25) is 23.6 Å². The number of imide groups is 2. The van der Waals surface area contributed by atoms with E-state index in [0.717, 1.165) is 21.9 Å². The molecule has 2 heterocycles. The molecule has 8 rings (SSSR count). The molecule has 17 heteroatoms. The highest BCUT2D eigenvalue weighted by Crippen LogP contribution is 2.65. The summed E-state index contributed by atoms with van der Waals surface area (Å²) in [5.74, 6) is -8.13. The van der Waals surface area contributed by atoms with Crippen LogP contribution in [0.2, 0.25) is 10.0 Å². The number of hydrogen-bond donors (Lipinski definition) is 1. The van der Waals surface area contributed by atoms with Gasteiger partial charge in [-0.05, 0) is 60.2 Å². The molecule has 0 radical (unpaired) electrons. The van der Waals surface area contributed by atoms with Crippen molar-refractivity contribution in [2.75, 3.05) is 35.9 Å². The maximum Gasteiger partial charge on any atom is 0.301 e. The zero-order chi connectivity index (χ0) is 41.5. The zero-order valence-electron chi connectivity index (χ0n) is 31.0. The molecule has 0 aromatic heterocycles. The summed E-state index contributed by atoms with van der Waals surface area (Å²) in [6.45, 7) is 0. The fourth-order valence-electron chi connectivity index (χ4n) is 9.74. The lowest BCUT2D eigenvalue weighted by Gasteiger charge is -2.50. The Morgan fingerprint density at radius 2 is 1.50 bits per heavy atom. The summed E-state index contributed by atoms with van der Waals surface area (Å²) >= 11 is 13.0. The lowest BCUT2D eigenvalue weighted by molar-refractivity contribution is -0.392. The SMILES string of the molecule is COc1cc(C2C3=CCC4C(=O)N(c5cc([N+](=O)[O-])c(N(C)C)c([N+](=O)[O-])c5)C(=O)C4C3CC3C(=O)N(c4cccc(Cl)c4)C(=O)C32c2ccccc2)cc(Cl)c1O. The maximum absolute atomic E-state index is 15.5. The van der Waals surface area contributed by atoms with Crippen LogP contribution in [-0.2, 0) is 24.6 Å². The molecule has 1 saturated carbocycles. The number of nitro benzene ring substituents is 2. The van der Waals surface area contributed by atoms with Gasteiger partial charge in [-0.1, -0.05) is 71.2 Å². The number of carbonyl (C=O) groups excluding carboxylic acids is 4. The molecule has 4 aromatic carbocycles. The van der Waals surface area contributed by atoms with Crippen LogP contribution in [0.15, 0.2) is 90.5 Å². The number of amides is 4. The fraction of sp³-hybridized carbons (Fsp3) is 0.268. The molecule has 4 amide bonds. The molecule has 6 atom stereocenters. The van der Waals surface area contributed by atoms with Crippen molar-refractivity contribution in [1.82, 2.24) is 0 Å². The van der Waals surface area contributed by atoms with E-state index in [1.165, 1.54) is 44.3 Å². The first-order chi connectivity index (χ1) is 27.6. The second-order valence-electron chi connectivity index (χ2n) is 14.9. The first-order valence-electron chi connectivity index (χ1n) is 18.1. The molecule has 1 N–H and O–H groups in total. The number of ether oxygens (including phenoxy) is 1. The number of aromatic hydroxyl groups is 1. The van der Waals surface area contributed by atoms with Crippen LogP contribution in [0.5, 0.6) is 11.5 Å². The third-order valence-electron chi connectivity index (χ3n) is 11.9. The average Bonchev–Trinajstić information content (AvgIpc) is 3.59.